The Bertz CT molecular complexity index is 1340. The summed E-state index contributed by atoms with van der Waals surface area (Å²) in [4.78, 5) is 6.84. The molecule has 0 aliphatic carbocycles. The average molecular weight is 430 g/mol. The molecule has 0 saturated heterocycles. The molecule has 0 unspecified atom stereocenters. The van der Waals surface area contributed by atoms with Gasteiger partial charge in [0, 0.05) is 17.1 Å². The highest BCUT2D eigenvalue weighted by Gasteiger charge is 2.12. The number of nitriles is 1. The van der Waals surface area contributed by atoms with Gasteiger partial charge >= 0.3 is 0 Å². The molecule has 152 valence electrons. The van der Waals surface area contributed by atoms with Gasteiger partial charge in [-0.05, 0) is 60.2 Å². The molecule has 3 nitrogen and oxygen atoms in total. The lowest BCUT2D eigenvalue weighted by molar-refractivity contribution is 1.28. The van der Waals surface area contributed by atoms with E-state index in [1.54, 1.807) is 11.3 Å². The van der Waals surface area contributed by atoms with Crippen molar-refractivity contribution in [3.05, 3.63) is 120 Å². The van der Waals surface area contributed by atoms with Crippen LogP contribution >= 0.6 is 11.3 Å². The van der Waals surface area contributed by atoms with Crippen LogP contribution in [-0.4, -0.2) is 4.98 Å². The number of allylic oxidation sites excluding steroid dienone is 1. The quantitative estimate of drug-likeness (QED) is 0.267. The van der Waals surface area contributed by atoms with Crippen molar-refractivity contribution in [1.82, 2.24) is 4.98 Å². The zero-order chi connectivity index (χ0) is 21.8. The molecular formula is C28H19N3S. The van der Waals surface area contributed by atoms with Crippen LogP contribution < -0.4 is 4.90 Å². The van der Waals surface area contributed by atoms with Gasteiger partial charge in [0.1, 0.15) is 11.1 Å². The van der Waals surface area contributed by atoms with Crippen molar-refractivity contribution in [3.8, 4) is 6.07 Å². The van der Waals surface area contributed by atoms with E-state index in [9.17, 15) is 5.26 Å². The molecule has 1 heterocycles. The van der Waals surface area contributed by atoms with E-state index in [1.807, 2.05) is 78.9 Å². The van der Waals surface area contributed by atoms with Crippen LogP contribution in [0.5, 0.6) is 0 Å². The molecule has 0 aliphatic rings. The second-order valence-corrected chi connectivity index (χ2v) is 8.29. The molecule has 0 radical (unpaired) electrons. The van der Waals surface area contributed by atoms with Crippen LogP contribution in [0.4, 0.5) is 17.1 Å². The lowest BCUT2D eigenvalue weighted by Crippen LogP contribution is -2.09. The Morgan fingerprint density at radius 2 is 1.28 bits per heavy atom. The maximum absolute atomic E-state index is 9.75. The van der Waals surface area contributed by atoms with Gasteiger partial charge < -0.3 is 4.90 Å². The number of rotatable bonds is 5. The highest BCUT2D eigenvalue weighted by Crippen LogP contribution is 2.34. The SMILES string of the molecule is N#CC(=Cc1ccc(N(c2ccccc2)c2ccccc2)cc1)c1nc2ccccc2s1. The van der Waals surface area contributed by atoms with Crippen molar-refractivity contribution in [2.75, 3.05) is 4.90 Å². The van der Waals surface area contributed by atoms with Crippen LogP contribution in [0, 0.1) is 11.3 Å². The van der Waals surface area contributed by atoms with Gasteiger partial charge in [0.25, 0.3) is 0 Å². The molecule has 0 atom stereocenters. The van der Waals surface area contributed by atoms with E-state index in [2.05, 4.69) is 52.4 Å². The van der Waals surface area contributed by atoms with E-state index in [0.717, 1.165) is 37.8 Å². The number of hydrogen-bond donors (Lipinski definition) is 0. The molecule has 1 aromatic heterocycles. The molecule has 0 amide bonds. The minimum absolute atomic E-state index is 0.571. The number of para-hydroxylation sites is 3. The van der Waals surface area contributed by atoms with Gasteiger partial charge in [0.05, 0.1) is 15.8 Å². The number of anilines is 3. The van der Waals surface area contributed by atoms with E-state index >= 15 is 0 Å². The lowest BCUT2D eigenvalue weighted by atomic mass is 10.1. The Hall–Kier alpha value is -4.20. The first-order valence-electron chi connectivity index (χ1n) is 10.3. The Kier molecular flexibility index (Phi) is 5.48. The molecule has 0 bridgehead atoms. The first-order chi connectivity index (χ1) is 15.8. The number of benzene rings is 4. The minimum atomic E-state index is 0.571. The minimum Gasteiger partial charge on any atom is -0.311 e. The summed E-state index contributed by atoms with van der Waals surface area (Å²) in [7, 11) is 0. The second-order valence-electron chi connectivity index (χ2n) is 7.25. The van der Waals surface area contributed by atoms with Crippen molar-refractivity contribution in [1.29, 1.82) is 5.26 Å². The van der Waals surface area contributed by atoms with E-state index in [4.69, 9.17) is 0 Å². The summed E-state index contributed by atoms with van der Waals surface area (Å²) >= 11 is 1.54. The molecular weight excluding hydrogens is 410 g/mol. The predicted molar refractivity (Wildman–Crippen MR) is 134 cm³/mol. The Morgan fingerprint density at radius 3 is 1.88 bits per heavy atom. The molecule has 5 aromatic rings. The normalized spacial score (nSPS) is 11.3. The van der Waals surface area contributed by atoms with Crippen LogP contribution in [-0.2, 0) is 0 Å². The summed E-state index contributed by atoms with van der Waals surface area (Å²) < 4.78 is 1.08. The summed E-state index contributed by atoms with van der Waals surface area (Å²) in [5.74, 6) is 0. The van der Waals surface area contributed by atoms with E-state index < -0.39 is 0 Å². The first kappa shape index (κ1) is 19.7. The topological polar surface area (TPSA) is 39.9 Å². The molecule has 5 rings (SSSR count). The molecule has 4 aromatic carbocycles. The number of hydrogen-bond acceptors (Lipinski definition) is 4. The van der Waals surface area contributed by atoms with Crippen molar-refractivity contribution in [3.63, 3.8) is 0 Å². The van der Waals surface area contributed by atoms with Crippen LogP contribution in [0.25, 0.3) is 21.9 Å². The smallest absolute Gasteiger partial charge is 0.135 e. The van der Waals surface area contributed by atoms with Crippen LogP contribution in [0.3, 0.4) is 0 Å². The van der Waals surface area contributed by atoms with Gasteiger partial charge in [-0.15, -0.1) is 11.3 Å². The maximum Gasteiger partial charge on any atom is 0.135 e. The second kappa shape index (κ2) is 8.89. The molecule has 32 heavy (non-hydrogen) atoms. The fraction of sp³-hybridized carbons (Fsp3) is 0. The van der Waals surface area contributed by atoms with Crippen LogP contribution in [0.1, 0.15) is 10.6 Å². The van der Waals surface area contributed by atoms with Crippen molar-refractivity contribution in [2.45, 2.75) is 0 Å². The fourth-order valence-electron chi connectivity index (χ4n) is 3.62. The van der Waals surface area contributed by atoms with E-state index in [0.29, 0.717) is 5.57 Å². The van der Waals surface area contributed by atoms with Crippen molar-refractivity contribution >= 4 is 50.3 Å². The van der Waals surface area contributed by atoms with Gasteiger partial charge in [-0.2, -0.15) is 5.26 Å². The lowest BCUT2D eigenvalue weighted by Gasteiger charge is -2.25. The highest BCUT2D eigenvalue weighted by atomic mass is 32.1. The number of thiazole rings is 1. The first-order valence-corrected chi connectivity index (χ1v) is 11.1. The van der Waals surface area contributed by atoms with Crippen LogP contribution in [0.15, 0.2) is 109 Å². The van der Waals surface area contributed by atoms with E-state index in [1.165, 1.54) is 0 Å². The third-order valence-corrected chi connectivity index (χ3v) is 6.21. The highest BCUT2D eigenvalue weighted by molar-refractivity contribution is 7.19. The van der Waals surface area contributed by atoms with Gasteiger partial charge in [-0.3, -0.25) is 0 Å². The monoisotopic (exact) mass is 429 g/mol. The Balaban J connectivity index is 1.50. The van der Waals surface area contributed by atoms with Crippen molar-refractivity contribution in [2.24, 2.45) is 0 Å². The Labute approximate surface area is 191 Å². The summed E-state index contributed by atoms with van der Waals surface area (Å²) in [6.45, 7) is 0. The Morgan fingerprint density at radius 1 is 0.719 bits per heavy atom. The van der Waals surface area contributed by atoms with E-state index in [-0.39, 0.29) is 0 Å². The third kappa shape index (κ3) is 4.02. The average Bonchev–Trinajstić information content (AvgIpc) is 3.29. The number of fused-ring (bicyclic) bond motifs is 1. The maximum atomic E-state index is 9.75. The molecule has 0 fully saturated rings. The van der Waals surface area contributed by atoms with Crippen LogP contribution in [0.2, 0.25) is 0 Å². The zero-order valence-electron chi connectivity index (χ0n) is 17.2. The molecule has 0 spiro atoms. The van der Waals surface area contributed by atoms with Crippen molar-refractivity contribution < 1.29 is 0 Å². The summed E-state index contributed by atoms with van der Waals surface area (Å²) in [5, 5.41) is 10.5. The van der Waals surface area contributed by atoms with Gasteiger partial charge in [-0.1, -0.05) is 60.7 Å². The molecule has 4 heteroatoms. The number of nitrogens with zero attached hydrogens (tertiary/aromatic N) is 3. The standard InChI is InChI=1S/C28H19N3S/c29-20-22(28-30-26-13-7-8-14-27(26)32-28)19-21-15-17-25(18-16-21)31(23-9-3-1-4-10-23)24-11-5-2-6-12-24/h1-19H. The summed E-state index contributed by atoms with van der Waals surface area (Å²) in [6.07, 6.45) is 1.90. The van der Waals surface area contributed by atoms with Gasteiger partial charge in [0.15, 0.2) is 0 Å². The summed E-state index contributed by atoms with van der Waals surface area (Å²) in [6, 6.07) is 39.1. The van der Waals surface area contributed by atoms with Gasteiger partial charge in [0.2, 0.25) is 0 Å². The molecule has 0 aliphatic heterocycles. The largest absolute Gasteiger partial charge is 0.311 e. The third-order valence-electron chi connectivity index (χ3n) is 5.14. The summed E-state index contributed by atoms with van der Waals surface area (Å²) in [5.41, 5.74) is 5.69. The molecule has 0 N–H and O–H groups in total. The zero-order valence-corrected chi connectivity index (χ0v) is 18.0. The van der Waals surface area contributed by atoms with Gasteiger partial charge in [-0.25, -0.2) is 4.98 Å². The number of aromatic nitrogens is 1. The molecule has 0 saturated carbocycles. The predicted octanol–water partition coefficient (Wildman–Crippen LogP) is 7.83. The fourth-order valence-corrected chi connectivity index (χ4v) is 4.55.